The Bertz CT molecular complexity index is 603. The van der Waals surface area contributed by atoms with Gasteiger partial charge in [0.2, 0.25) is 0 Å². The fourth-order valence-electron chi connectivity index (χ4n) is 2.97. The Morgan fingerprint density at radius 1 is 1.37 bits per heavy atom. The first-order valence-corrected chi connectivity index (χ1v) is 6.53. The van der Waals surface area contributed by atoms with Gasteiger partial charge in [-0.05, 0) is 24.3 Å². The van der Waals surface area contributed by atoms with E-state index in [2.05, 4.69) is 28.4 Å². The SMILES string of the molecule is Cn1cnnc1CC1CC(C#N)(c2ccccc2)C1. The van der Waals surface area contributed by atoms with Crippen LogP contribution in [0.5, 0.6) is 0 Å². The minimum atomic E-state index is -0.287. The van der Waals surface area contributed by atoms with Gasteiger partial charge in [0.25, 0.3) is 0 Å². The molecule has 4 heteroatoms. The Morgan fingerprint density at radius 2 is 2.11 bits per heavy atom. The average Bonchev–Trinajstić information content (AvgIpc) is 2.80. The fourth-order valence-corrected chi connectivity index (χ4v) is 2.97. The Hall–Kier alpha value is -2.15. The summed E-state index contributed by atoms with van der Waals surface area (Å²) in [6.07, 6.45) is 4.47. The molecule has 3 rings (SSSR count). The summed E-state index contributed by atoms with van der Waals surface area (Å²) in [5.74, 6) is 1.53. The highest BCUT2D eigenvalue weighted by molar-refractivity contribution is 5.36. The van der Waals surface area contributed by atoms with E-state index in [0.29, 0.717) is 5.92 Å². The van der Waals surface area contributed by atoms with E-state index in [-0.39, 0.29) is 5.41 Å². The van der Waals surface area contributed by atoms with E-state index in [1.807, 2.05) is 29.8 Å². The van der Waals surface area contributed by atoms with Gasteiger partial charge in [-0.25, -0.2) is 0 Å². The van der Waals surface area contributed by atoms with E-state index in [4.69, 9.17) is 0 Å². The molecule has 0 N–H and O–H groups in total. The number of hydrogen-bond donors (Lipinski definition) is 0. The number of hydrogen-bond acceptors (Lipinski definition) is 3. The molecule has 1 aromatic carbocycles. The Kier molecular flexibility index (Phi) is 2.83. The van der Waals surface area contributed by atoms with Crippen LogP contribution in [-0.4, -0.2) is 14.8 Å². The maximum atomic E-state index is 9.51. The monoisotopic (exact) mass is 252 g/mol. The van der Waals surface area contributed by atoms with E-state index in [0.717, 1.165) is 30.7 Å². The molecule has 0 atom stereocenters. The normalized spacial score (nSPS) is 25.6. The molecule has 0 amide bonds. The van der Waals surface area contributed by atoms with Crippen LogP contribution in [0.1, 0.15) is 24.2 Å². The molecule has 1 heterocycles. The Morgan fingerprint density at radius 3 is 2.68 bits per heavy atom. The van der Waals surface area contributed by atoms with Gasteiger partial charge < -0.3 is 4.57 Å². The van der Waals surface area contributed by atoms with Gasteiger partial charge in [-0.2, -0.15) is 5.26 Å². The Labute approximate surface area is 112 Å². The summed E-state index contributed by atoms with van der Waals surface area (Å²) >= 11 is 0. The molecule has 0 unspecified atom stereocenters. The van der Waals surface area contributed by atoms with Crippen molar-refractivity contribution in [3.63, 3.8) is 0 Å². The molecule has 0 saturated heterocycles. The lowest BCUT2D eigenvalue weighted by Gasteiger charge is -2.43. The maximum Gasteiger partial charge on any atom is 0.132 e. The third kappa shape index (κ3) is 2.01. The zero-order valence-corrected chi connectivity index (χ0v) is 11.0. The molecular weight excluding hydrogens is 236 g/mol. The number of nitrogens with zero attached hydrogens (tertiary/aromatic N) is 4. The molecule has 1 aromatic heterocycles. The number of aryl methyl sites for hydroxylation is 1. The van der Waals surface area contributed by atoms with E-state index in [1.54, 1.807) is 6.33 Å². The van der Waals surface area contributed by atoms with E-state index < -0.39 is 0 Å². The summed E-state index contributed by atoms with van der Waals surface area (Å²) < 4.78 is 1.95. The summed E-state index contributed by atoms with van der Waals surface area (Å²) in [6.45, 7) is 0. The molecule has 0 bridgehead atoms. The van der Waals surface area contributed by atoms with Crippen LogP contribution in [0.2, 0.25) is 0 Å². The number of rotatable bonds is 3. The van der Waals surface area contributed by atoms with Crippen molar-refractivity contribution >= 4 is 0 Å². The zero-order valence-electron chi connectivity index (χ0n) is 11.0. The third-order valence-corrected chi connectivity index (χ3v) is 4.09. The molecular formula is C15H16N4. The van der Waals surface area contributed by atoms with Crippen molar-refractivity contribution in [2.45, 2.75) is 24.7 Å². The van der Waals surface area contributed by atoms with E-state index in [9.17, 15) is 5.26 Å². The molecule has 1 fully saturated rings. The van der Waals surface area contributed by atoms with Gasteiger partial charge >= 0.3 is 0 Å². The van der Waals surface area contributed by atoms with Crippen molar-refractivity contribution in [1.82, 2.24) is 14.8 Å². The smallest absolute Gasteiger partial charge is 0.132 e. The van der Waals surface area contributed by atoms with Crippen LogP contribution in [0.25, 0.3) is 0 Å². The highest BCUT2D eigenvalue weighted by atomic mass is 15.2. The number of benzene rings is 1. The van der Waals surface area contributed by atoms with Gasteiger partial charge in [0, 0.05) is 13.5 Å². The first-order valence-electron chi connectivity index (χ1n) is 6.53. The molecule has 0 aliphatic heterocycles. The molecule has 96 valence electrons. The quantitative estimate of drug-likeness (QED) is 0.841. The summed E-state index contributed by atoms with van der Waals surface area (Å²) in [4.78, 5) is 0. The highest BCUT2D eigenvalue weighted by Gasteiger charge is 2.46. The molecule has 0 radical (unpaired) electrons. The molecule has 1 saturated carbocycles. The Balaban J connectivity index is 1.71. The van der Waals surface area contributed by atoms with Gasteiger partial charge in [-0.15, -0.1) is 10.2 Å². The van der Waals surface area contributed by atoms with Crippen molar-refractivity contribution in [1.29, 1.82) is 5.26 Å². The second-order valence-electron chi connectivity index (χ2n) is 5.40. The number of aromatic nitrogens is 3. The van der Waals surface area contributed by atoms with Crippen LogP contribution in [0.15, 0.2) is 36.7 Å². The summed E-state index contributed by atoms with van der Waals surface area (Å²) in [5.41, 5.74) is 0.858. The van der Waals surface area contributed by atoms with Gasteiger partial charge in [0.15, 0.2) is 0 Å². The minimum Gasteiger partial charge on any atom is -0.321 e. The third-order valence-electron chi connectivity index (χ3n) is 4.09. The van der Waals surface area contributed by atoms with Crippen molar-refractivity contribution < 1.29 is 0 Å². The van der Waals surface area contributed by atoms with Crippen LogP contribution < -0.4 is 0 Å². The second-order valence-corrected chi connectivity index (χ2v) is 5.40. The molecule has 1 aliphatic carbocycles. The lowest BCUT2D eigenvalue weighted by atomic mass is 9.58. The van der Waals surface area contributed by atoms with Crippen LogP contribution in [-0.2, 0) is 18.9 Å². The van der Waals surface area contributed by atoms with Crippen molar-refractivity contribution in [2.75, 3.05) is 0 Å². The zero-order chi connectivity index (χ0) is 13.3. The second kappa shape index (κ2) is 4.51. The highest BCUT2D eigenvalue weighted by Crippen LogP contribution is 2.48. The van der Waals surface area contributed by atoms with E-state index in [1.165, 1.54) is 0 Å². The molecule has 1 aliphatic rings. The lowest BCUT2D eigenvalue weighted by Crippen LogP contribution is -2.41. The number of nitriles is 1. The molecule has 2 aromatic rings. The predicted molar refractivity (Wildman–Crippen MR) is 71.2 cm³/mol. The average molecular weight is 252 g/mol. The minimum absolute atomic E-state index is 0.287. The van der Waals surface area contributed by atoms with Gasteiger partial charge in [0.1, 0.15) is 12.2 Å². The largest absolute Gasteiger partial charge is 0.321 e. The molecule has 0 spiro atoms. The molecule has 4 nitrogen and oxygen atoms in total. The van der Waals surface area contributed by atoms with Gasteiger partial charge in [-0.3, -0.25) is 0 Å². The molecule has 19 heavy (non-hydrogen) atoms. The summed E-state index contributed by atoms with van der Waals surface area (Å²) in [6, 6.07) is 12.6. The van der Waals surface area contributed by atoms with Gasteiger partial charge in [0.05, 0.1) is 11.5 Å². The van der Waals surface area contributed by atoms with Crippen LogP contribution >= 0.6 is 0 Å². The van der Waals surface area contributed by atoms with Crippen LogP contribution in [0.4, 0.5) is 0 Å². The van der Waals surface area contributed by atoms with Crippen LogP contribution in [0, 0.1) is 17.2 Å². The van der Waals surface area contributed by atoms with Crippen LogP contribution in [0.3, 0.4) is 0 Å². The summed E-state index contributed by atoms with van der Waals surface area (Å²) in [7, 11) is 1.96. The van der Waals surface area contributed by atoms with E-state index >= 15 is 0 Å². The summed E-state index contributed by atoms with van der Waals surface area (Å²) in [5, 5.41) is 17.5. The first kappa shape index (κ1) is 11.9. The van der Waals surface area contributed by atoms with Crippen molar-refractivity contribution in [3.05, 3.63) is 48.0 Å². The lowest BCUT2D eigenvalue weighted by molar-refractivity contribution is 0.193. The fraction of sp³-hybridized carbons (Fsp3) is 0.400. The topological polar surface area (TPSA) is 54.5 Å². The first-order chi connectivity index (χ1) is 9.23. The van der Waals surface area contributed by atoms with Crippen molar-refractivity contribution in [2.24, 2.45) is 13.0 Å². The maximum absolute atomic E-state index is 9.51. The van der Waals surface area contributed by atoms with Crippen molar-refractivity contribution in [3.8, 4) is 6.07 Å². The predicted octanol–water partition coefficient (Wildman–Crippen LogP) is 2.23. The van der Waals surface area contributed by atoms with Gasteiger partial charge in [-0.1, -0.05) is 30.3 Å². The standard InChI is InChI=1S/C15H16N4/c1-19-11-17-18-14(19)7-12-8-15(9-12,10-16)13-5-3-2-4-6-13/h2-6,11-12H,7-9H2,1H3.